The van der Waals surface area contributed by atoms with Crippen LogP contribution in [-0.2, 0) is 6.54 Å². The van der Waals surface area contributed by atoms with Crippen molar-refractivity contribution in [2.45, 2.75) is 38.6 Å². The van der Waals surface area contributed by atoms with E-state index in [1.807, 2.05) is 13.2 Å². The van der Waals surface area contributed by atoms with Crippen molar-refractivity contribution < 1.29 is 0 Å². The van der Waals surface area contributed by atoms with E-state index in [4.69, 9.17) is 0 Å². The number of rotatable bonds is 3. The van der Waals surface area contributed by atoms with E-state index in [1.165, 1.54) is 56.4 Å². The van der Waals surface area contributed by atoms with Gasteiger partial charge in [-0.1, -0.05) is 19.3 Å². The molecule has 3 rings (SSSR count). The normalized spacial score (nSPS) is 27.1. The summed E-state index contributed by atoms with van der Waals surface area (Å²) in [7, 11) is 2.01. The smallest absolute Gasteiger partial charge is 0.0598 e. The highest BCUT2D eigenvalue weighted by molar-refractivity contribution is 5.52. The summed E-state index contributed by atoms with van der Waals surface area (Å²) in [6, 6.07) is 2.15. The first kappa shape index (κ1) is 12.9. The minimum Gasteiger partial charge on any atom is -0.370 e. The number of hydrogen-bond donors (Lipinski definition) is 1. The molecule has 3 nitrogen and oxygen atoms in total. The molecule has 1 aliphatic carbocycles. The topological polar surface area (TPSA) is 28.2 Å². The molecule has 0 spiro atoms. The van der Waals surface area contributed by atoms with E-state index < -0.39 is 0 Å². The molecule has 19 heavy (non-hydrogen) atoms. The molecule has 2 atom stereocenters. The van der Waals surface area contributed by atoms with Gasteiger partial charge in [0.1, 0.15) is 0 Å². The van der Waals surface area contributed by atoms with Gasteiger partial charge in [-0.2, -0.15) is 0 Å². The highest BCUT2D eigenvalue weighted by Gasteiger charge is 2.31. The van der Waals surface area contributed by atoms with Gasteiger partial charge in [0.25, 0.3) is 0 Å². The van der Waals surface area contributed by atoms with Crippen molar-refractivity contribution in [2.75, 3.05) is 25.0 Å². The molecule has 1 aromatic heterocycles. The molecule has 0 radical (unpaired) electrons. The van der Waals surface area contributed by atoms with Crippen LogP contribution in [0.4, 0.5) is 5.69 Å². The molecule has 2 aliphatic rings. The number of aromatic nitrogens is 1. The zero-order valence-corrected chi connectivity index (χ0v) is 11.9. The van der Waals surface area contributed by atoms with Gasteiger partial charge in [0.05, 0.1) is 11.9 Å². The number of fused-ring (bicyclic) bond motifs is 1. The maximum Gasteiger partial charge on any atom is 0.0598 e. The molecule has 1 saturated carbocycles. The van der Waals surface area contributed by atoms with Crippen LogP contribution in [-0.4, -0.2) is 25.1 Å². The van der Waals surface area contributed by atoms with Gasteiger partial charge in [-0.25, -0.2) is 0 Å². The number of nitrogens with zero attached hydrogens (tertiary/aromatic N) is 2. The molecule has 2 unspecified atom stereocenters. The Kier molecular flexibility index (Phi) is 4.02. The Labute approximate surface area is 116 Å². The van der Waals surface area contributed by atoms with E-state index in [0.717, 1.165) is 18.4 Å². The summed E-state index contributed by atoms with van der Waals surface area (Å²) in [6.07, 6.45) is 11.1. The fraction of sp³-hybridized carbons (Fsp3) is 0.688. The van der Waals surface area contributed by atoms with Crippen LogP contribution in [0.1, 0.15) is 37.7 Å². The Morgan fingerprint density at radius 3 is 2.95 bits per heavy atom. The lowest BCUT2D eigenvalue weighted by molar-refractivity contribution is 0.202. The molecular weight excluding hydrogens is 234 g/mol. The van der Waals surface area contributed by atoms with Crippen molar-refractivity contribution in [3.8, 4) is 0 Å². The molecule has 2 heterocycles. The minimum atomic E-state index is 0.921. The third kappa shape index (κ3) is 2.76. The Morgan fingerprint density at radius 2 is 2.11 bits per heavy atom. The molecule has 2 fully saturated rings. The van der Waals surface area contributed by atoms with Gasteiger partial charge < -0.3 is 10.2 Å². The van der Waals surface area contributed by atoms with E-state index in [1.54, 1.807) is 0 Å². The lowest BCUT2D eigenvalue weighted by Crippen LogP contribution is -2.42. The molecule has 0 amide bonds. The zero-order valence-electron chi connectivity index (χ0n) is 11.9. The van der Waals surface area contributed by atoms with Crippen molar-refractivity contribution >= 4 is 5.69 Å². The summed E-state index contributed by atoms with van der Waals surface area (Å²) in [4.78, 5) is 6.91. The summed E-state index contributed by atoms with van der Waals surface area (Å²) in [5, 5.41) is 3.27. The molecular formula is C16H25N3. The van der Waals surface area contributed by atoms with Crippen LogP contribution in [0.3, 0.4) is 0 Å². The lowest BCUT2D eigenvalue weighted by Gasteiger charge is -2.42. The van der Waals surface area contributed by atoms with Crippen molar-refractivity contribution in [2.24, 2.45) is 11.8 Å². The van der Waals surface area contributed by atoms with E-state index in [2.05, 4.69) is 27.5 Å². The molecule has 1 saturated heterocycles. The highest BCUT2D eigenvalue weighted by Crippen LogP contribution is 2.37. The summed E-state index contributed by atoms with van der Waals surface area (Å²) < 4.78 is 0. The standard InChI is InChI=1S/C16H25N3/c1-17-10-14-6-8-18-11-16(14)19-9-7-13-4-2-3-5-15(13)12-19/h6,8,11,13,15,17H,2-5,7,9-10,12H2,1H3. The lowest BCUT2D eigenvalue weighted by atomic mass is 9.75. The van der Waals surface area contributed by atoms with E-state index in [0.29, 0.717) is 0 Å². The predicted molar refractivity (Wildman–Crippen MR) is 79.3 cm³/mol. The molecule has 1 aliphatic heterocycles. The largest absolute Gasteiger partial charge is 0.370 e. The van der Waals surface area contributed by atoms with Crippen LogP contribution in [0.2, 0.25) is 0 Å². The maximum atomic E-state index is 4.34. The van der Waals surface area contributed by atoms with Crippen molar-refractivity contribution in [1.82, 2.24) is 10.3 Å². The minimum absolute atomic E-state index is 0.921. The zero-order chi connectivity index (χ0) is 13.1. The van der Waals surface area contributed by atoms with Crippen LogP contribution in [0.25, 0.3) is 0 Å². The Balaban J connectivity index is 1.75. The summed E-state index contributed by atoms with van der Waals surface area (Å²) in [5.41, 5.74) is 2.73. The van der Waals surface area contributed by atoms with Gasteiger partial charge in [-0.3, -0.25) is 4.98 Å². The summed E-state index contributed by atoms with van der Waals surface area (Å²) >= 11 is 0. The first-order valence-corrected chi connectivity index (χ1v) is 7.71. The highest BCUT2D eigenvalue weighted by atomic mass is 15.1. The number of piperidine rings is 1. The number of anilines is 1. The van der Waals surface area contributed by atoms with Gasteiger partial charge in [0.2, 0.25) is 0 Å². The van der Waals surface area contributed by atoms with Crippen molar-refractivity contribution in [3.63, 3.8) is 0 Å². The van der Waals surface area contributed by atoms with Crippen LogP contribution in [0.15, 0.2) is 18.5 Å². The van der Waals surface area contributed by atoms with Crippen LogP contribution < -0.4 is 10.2 Å². The second-order valence-corrected chi connectivity index (χ2v) is 6.07. The van der Waals surface area contributed by atoms with Crippen LogP contribution in [0, 0.1) is 11.8 Å². The molecule has 1 aromatic rings. The third-order valence-electron chi connectivity index (χ3n) is 4.89. The van der Waals surface area contributed by atoms with Crippen molar-refractivity contribution in [3.05, 3.63) is 24.0 Å². The molecule has 104 valence electrons. The predicted octanol–water partition coefficient (Wildman–Crippen LogP) is 2.82. The van der Waals surface area contributed by atoms with Gasteiger partial charge in [0.15, 0.2) is 0 Å². The SMILES string of the molecule is CNCc1ccncc1N1CCC2CCCCC2C1. The third-order valence-corrected chi connectivity index (χ3v) is 4.89. The number of hydrogen-bond acceptors (Lipinski definition) is 3. The van der Waals surface area contributed by atoms with Gasteiger partial charge in [0, 0.05) is 25.8 Å². The fourth-order valence-corrected chi connectivity index (χ4v) is 3.86. The number of pyridine rings is 1. The van der Waals surface area contributed by atoms with E-state index in [-0.39, 0.29) is 0 Å². The second kappa shape index (κ2) is 5.91. The van der Waals surface area contributed by atoms with Gasteiger partial charge in [-0.05, 0) is 43.4 Å². The molecule has 0 aromatic carbocycles. The molecule has 0 bridgehead atoms. The van der Waals surface area contributed by atoms with Crippen LogP contribution in [0.5, 0.6) is 0 Å². The van der Waals surface area contributed by atoms with E-state index >= 15 is 0 Å². The quantitative estimate of drug-likeness (QED) is 0.904. The summed E-state index contributed by atoms with van der Waals surface area (Å²) in [6.45, 7) is 3.39. The molecule has 3 heteroatoms. The monoisotopic (exact) mass is 259 g/mol. The van der Waals surface area contributed by atoms with Crippen molar-refractivity contribution in [1.29, 1.82) is 0 Å². The first-order valence-electron chi connectivity index (χ1n) is 7.71. The van der Waals surface area contributed by atoms with E-state index in [9.17, 15) is 0 Å². The van der Waals surface area contributed by atoms with Gasteiger partial charge >= 0.3 is 0 Å². The van der Waals surface area contributed by atoms with Gasteiger partial charge in [-0.15, -0.1) is 0 Å². The summed E-state index contributed by atoms with van der Waals surface area (Å²) in [5.74, 6) is 1.92. The second-order valence-electron chi connectivity index (χ2n) is 6.07. The Morgan fingerprint density at radius 1 is 1.26 bits per heavy atom. The number of nitrogens with one attached hydrogen (secondary N) is 1. The maximum absolute atomic E-state index is 4.34. The average molecular weight is 259 g/mol. The first-order chi connectivity index (χ1) is 9.38. The Bertz CT molecular complexity index is 418. The van der Waals surface area contributed by atoms with Crippen LogP contribution >= 0.6 is 0 Å². The molecule has 1 N–H and O–H groups in total. The Hall–Kier alpha value is -1.09. The fourth-order valence-electron chi connectivity index (χ4n) is 3.86. The average Bonchev–Trinajstić information content (AvgIpc) is 2.48.